The molecule has 132 valence electrons. The van der Waals surface area contributed by atoms with Gasteiger partial charge < -0.3 is 19.2 Å². The molecule has 1 N–H and O–H groups in total. The summed E-state index contributed by atoms with van der Waals surface area (Å²) in [5, 5.41) is 3.27. The third-order valence-electron chi connectivity index (χ3n) is 3.43. The molecule has 2 aromatic rings. The van der Waals surface area contributed by atoms with Crippen LogP contribution in [0.25, 0.3) is 0 Å². The molecule has 1 aromatic carbocycles. The van der Waals surface area contributed by atoms with E-state index in [4.69, 9.17) is 13.9 Å². The summed E-state index contributed by atoms with van der Waals surface area (Å²) in [6, 6.07) is 9.23. The number of halogens is 2. The minimum Gasteiger partial charge on any atom is -0.497 e. The molecule has 0 fully saturated rings. The Kier molecular flexibility index (Phi) is 7.39. The van der Waals surface area contributed by atoms with E-state index in [-0.39, 0.29) is 5.75 Å². The molecule has 2 rings (SSSR count). The van der Waals surface area contributed by atoms with Gasteiger partial charge in [-0.3, -0.25) is 0 Å². The van der Waals surface area contributed by atoms with Gasteiger partial charge in [0, 0.05) is 0 Å². The average Bonchev–Trinajstić information content (AvgIpc) is 3.04. The second-order valence-corrected chi connectivity index (χ2v) is 6.02. The minimum atomic E-state index is -2.38. The number of benzene rings is 1. The van der Waals surface area contributed by atoms with Crippen LogP contribution in [0.3, 0.4) is 0 Å². The van der Waals surface area contributed by atoms with Crippen molar-refractivity contribution in [1.29, 1.82) is 0 Å². The lowest BCUT2D eigenvalue weighted by Crippen LogP contribution is -2.16. The van der Waals surface area contributed by atoms with E-state index in [2.05, 4.69) is 5.32 Å². The molecule has 0 atom stereocenters. The molecule has 1 heterocycles. The lowest BCUT2D eigenvalue weighted by Gasteiger charge is -2.10. The van der Waals surface area contributed by atoms with Gasteiger partial charge in [-0.25, -0.2) is 0 Å². The van der Waals surface area contributed by atoms with E-state index in [9.17, 15) is 8.78 Å². The first-order valence-electron chi connectivity index (χ1n) is 7.51. The lowest BCUT2D eigenvalue weighted by molar-refractivity contribution is 0.251. The van der Waals surface area contributed by atoms with Crippen molar-refractivity contribution in [1.82, 2.24) is 5.32 Å². The molecule has 24 heavy (non-hydrogen) atoms. The highest BCUT2D eigenvalue weighted by molar-refractivity contribution is 7.98. The maximum Gasteiger partial charge on any atom is 0.284 e. The molecule has 0 aliphatic heterocycles. The van der Waals surface area contributed by atoms with Crippen LogP contribution in [0, 0.1) is 0 Å². The number of hydrogen-bond acceptors (Lipinski definition) is 5. The van der Waals surface area contributed by atoms with Gasteiger partial charge in [0.2, 0.25) is 0 Å². The van der Waals surface area contributed by atoms with Crippen molar-refractivity contribution in [2.45, 2.75) is 24.5 Å². The molecule has 0 aliphatic carbocycles. The monoisotopic (exact) mass is 357 g/mol. The van der Waals surface area contributed by atoms with Gasteiger partial charge in [-0.1, -0.05) is 11.8 Å². The van der Waals surface area contributed by atoms with E-state index >= 15 is 0 Å². The molecule has 0 amide bonds. The first-order chi connectivity index (χ1) is 11.6. The van der Waals surface area contributed by atoms with Crippen molar-refractivity contribution >= 4 is 11.8 Å². The van der Waals surface area contributed by atoms with Gasteiger partial charge in [-0.2, -0.15) is 8.78 Å². The number of hydrogen-bond donors (Lipinski definition) is 1. The molecule has 0 aliphatic rings. The molecule has 0 saturated carbocycles. The minimum absolute atomic E-state index is 0.179. The van der Waals surface area contributed by atoms with Crippen LogP contribution < -0.4 is 14.8 Å². The van der Waals surface area contributed by atoms with Crippen molar-refractivity contribution in [3.63, 3.8) is 0 Å². The van der Waals surface area contributed by atoms with E-state index in [0.717, 1.165) is 35.8 Å². The fourth-order valence-electron chi connectivity index (χ4n) is 2.25. The first kappa shape index (κ1) is 18.6. The van der Waals surface area contributed by atoms with Crippen LogP contribution in [-0.2, 0) is 18.7 Å². The average molecular weight is 357 g/mol. The summed E-state index contributed by atoms with van der Waals surface area (Å²) in [7, 11) is 3.27. The third kappa shape index (κ3) is 5.72. The summed E-state index contributed by atoms with van der Waals surface area (Å²) in [6.07, 6.45) is 0.773. The Morgan fingerprint density at radius 2 is 1.92 bits per heavy atom. The molecule has 0 saturated heterocycles. The number of thioether (sulfide) groups is 1. The summed E-state index contributed by atoms with van der Waals surface area (Å²) >= 11 is 0.558. The number of furan rings is 1. The fraction of sp³-hybridized carbons (Fsp3) is 0.412. The number of methoxy groups -OCH3 is 2. The van der Waals surface area contributed by atoms with Crippen molar-refractivity contribution < 1.29 is 22.7 Å². The van der Waals surface area contributed by atoms with Crippen molar-refractivity contribution in [3.05, 3.63) is 47.4 Å². The maximum atomic E-state index is 12.1. The van der Waals surface area contributed by atoms with Crippen LogP contribution in [-0.4, -0.2) is 26.5 Å². The molecule has 0 unspecified atom stereocenters. The highest BCUT2D eigenvalue weighted by Crippen LogP contribution is 2.24. The van der Waals surface area contributed by atoms with Gasteiger partial charge in [0.05, 0.1) is 26.5 Å². The van der Waals surface area contributed by atoms with Crippen LogP contribution in [0.4, 0.5) is 8.78 Å². The summed E-state index contributed by atoms with van der Waals surface area (Å²) in [5.41, 5.74) is 1.05. The molecular formula is C17H21F2NO3S. The summed E-state index contributed by atoms with van der Waals surface area (Å²) in [4.78, 5) is 0. The van der Waals surface area contributed by atoms with Gasteiger partial charge in [0.15, 0.2) is 0 Å². The van der Waals surface area contributed by atoms with Crippen LogP contribution in [0.5, 0.6) is 11.5 Å². The standard InChI is InChI=1S/C17H21F2NO3S/c1-21-13-5-6-16(22-2)12(9-13)7-8-20-10-14-3-4-15(23-14)11-24-17(18)19/h3-6,9,17,20H,7-8,10-11H2,1-2H3. The zero-order chi connectivity index (χ0) is 17.4. The molecule has 7 heteroatoms. The van der Waals surface area contributed by atoms with E-state index in [0.29, 0.717) is 24.1 Å². The second kappa shape index (κ2) is 9.54. The van der Waals surface area contributed by atoms with E-state index < -0.39 is 5.76 Å². The zero-order valence-corrected chi connectivity index (χ0v) is 14.5. The molecule has 1 aromatic heterocycles. The Morgan fingerprint density at radius 1 is 1.12 bits per heavy atom. The van der Waals surface area contributed by atoms with E-state index in [1.54, 1.807) is 26.4 Å². The van der Waals surface area contributed by atoms with Crippen LogP contribution in [0.1, 0.15) is 17.1 Å². The smallest absolute Gasteiger partial charge is 0.284 e. The van der Waals surface area contributed by atoms with Crippen molar-refractivity contribution in [3.8, 4) is 11.5 Å². The predicted molar refractivity (Wildman–Crippen MR) is 91.0 cm³/mol. The van der Waals surface area contributed by atoms with Gasteiger partial charge in [-0.05, 0) is 48.9 Å². The Bertz CT molecular complexity index is 634. The summed E-state index contributed by atoms with van der Waals surface area (Å²) in [5.74, 6) is 0.706. The molecular weight excluding hydrogens is 336 g/mol. The Balaban J connectivity index is 1.79. The van der Waals surface area contributed by atoms with Crippen LogP contribution >= 0.6 is 11.8 Å². The Labute approximate surface area is 144 Å². The zero-order valence-electron chi connectivity index (χ0n) is 13.7. The van der Waals surface area contributed by atoms with Gasteiger partial charge in [0.25, 0.3) is 5.76 Å². The Morgan fingerprint density at radius 3 is 2.62 bits per heavy atom. The Hall–Kier alpha value is -1.73. The second-order valence-electron chi connectivity index (χ2n) is 5.04. The number of ether oxygens (including phenoxy) is 2. The number of alkyl halides is 2. The SMILES string of the molecule is COc1ccc(OC)c(CCNCc2ccc(CSC(F)F)o2)c1. The first-order valence-corrected chi connectivity index (χ1v) is 8.56. The summed E-state index contributed by atoms with van der Waals surface area (Å²) in [6.45, 7) is 1.27. The highest BCUT2D eigenvalue weighted by atomic mass is 32.2. The van der Waals surface area contributed by atoms with Crippen molar-refractivity contribution in [2.75, 3.05) is 20.8 Å². The van der Waals surface area contributed by atoms with Gasteiger partial charge in [-0.15, -0.1) is 0 Å². The maximum absolute atomic E-state index is 12.1. The van der Waals surface area contributed by atoms with E-state index in [1.165, 1.54) is 0 Å². The largest absolute Gasteiger partial charge is 0.497 e. The molecule has 0 spiro atoms. The van der Waals surface area contributed by atoms with Crippen molar-refractivity contribution in [2.24, 2.45) is 0 Å². The molecule has 4 nitrogen and oxygen atoms in total. The molecule has 0 bridgehead atoms. The lowest BCUT2D eigenvalue weighted by atomic mass is 10.1. The van der Waals surface area contributed by atoms with Crippen LogP contribution in [0.2, 0.25) is 0 Å². The quantitative estimate of drug-likeness (QED) is 0.649. The van der Waals surface area contributed by atoms with Gasteiger partial charge in [0.1, 0.15) is 23.0 Å². The van der Waals surface area contributed by atoms with Crippen LogP contribution in [0.15, 0.2) is 34.7 Å². The van der Waals surface area contributed by atoms with Gasteiger partial charge >= 0.3 is 0 Å². The highest BCUT2D eigenvalue weighted by Gasteiger charge is 2.08. The third-order valence-corrected chi connectivity index (χ3v) is 4.13. The summed E-state index contributed by atoms with van der Waals surface area (Å²) < 4.78 is 40.4. The van der Waals surface area contributed by atoms with E-state index in [1.807, 2.05) is 18.2 Å². The number of nitrogens with one attached hydrogen (secondary N) is 1. The fourth-order valence-corrected chi connectivity index (χ4v) is 2.70. The molecule has 0 radical (unpaired) electrons. The predicted octanol–water partition coefficient (Wildman–Crippen LogP) is 4.08. The normalized spacial score (nSPS) is 11.0. The topological polar surface area (TPSA) is 43.6 Å². The number of rotatable bonds is 10.